The summed E-state index contributed by atoms with van der Waals surface area (Å²) in [5, 5.41) is 2.83. The van der Waals surface area contributed by atoms with E-state index in [1.807, 2.05) is 48.5 Å². The lowest BCUT2D eigenvalue weighted by atomic mass is 10.0. The van der Waals surface area contributed by atoms with Crippen LogP contribution in [-0.4, -0.2) is 18.0 Å². The Labute approximate surface area is 162 Å². The first-order valence-electron chi connectivity index (χ1n) is 8.41. The summed E-state index contributed by atoms with van der Waals surface area (Å²) in [5.74, 6) is -0.655. The summed E-state index contributed by atoms with van der Waals surface area (Å²) in [7, 11) is 0. The van der Waals surface area contributed by atoms with Gasteiger partial charge in [-0.05, 0) is 42.2 Å². The van der Waals surface area contributed by atoms with Crippen molar-refractivity contribution in [1.82, 2.24) is 0 Å². The molecular formula is C21H22BrNO3. The summed E-state index contributed by atoms with van der Waals surface area (Å²) in [6.07, 6.45) is 2.06. The third-order valence-corrected chi connectivity index (χ3v) is 4.53. The van der Waals surface area contributed by atoms with Crippen LogP contribution in [0, 0.1) is 0 Å². The van der Waals surface area contributed by atoms with Gasteiger partial charge in [-0.15, -0.1) is 0 Å². The Morgan fingerprint density at radius 3 is 2.38 bits per heavy atom. The van der Waals surface area contributed by atoms with Crippen LogP contribution in [-0.2, 0) is 14.3 Å². The molecule has 0 unspecified atom stereocenters. The Morgan fingerprint density at radius 1 is 1.04 bits per heavy atom. The van der Waals surface area contributed by atoms with Gasteiger partial charge in [0.05, 0.1) is 0 Å². The Morgan fingerprint density at radius 2 is 1.69 bits per heavy atom. The van der Waals surface area contributed by atoms with Gasteiger partial charge in [0.1, 0.15) is 0 Å². The number of rotatable bonds is 6. The van der Waals surface area contributed by atoms with E-state index in [-0.39, 0.29) is 11.8 Å². The van der Waals surface area contributed by atoms with Crippen molar-refractivity contribution in [3.05, 3.63) is 70.2 Å². The highest BCUT2D eigenvalue weighted by atomic mass is 79.9. The minimum absolute atomic E-state index is 0.275. The molecule has 0 aliphatic carbocycles. The molecule has 0 aliphatic rings. The number of anilines is 1. The quantitative estimate of drug-likeness (QED) is 0.523. The van der Waals surface area contributed by atoms with E-state index in [1.165, 1.54) is 6.08 Å². The summed E-state index contributed by atoms with van der Waals surface area (Å²) >= 11 is 3.41. The van der Waals surface area contributed by atoms with Crippen molar-refractivity contribution in [3.8, 4) is 0 Å². The Kier molecular flexibility index (Phi) is 7.16. The summed E-state index contributed by atoms with van der Waals surface area (Å²) in [6, 6.07) is 15.1. The van der Waals surface area contributed by atoms with E-state index in [0.29, 0.717) is 0 Å². The minimum atomic E-state index is -0.897. The standard InChI is InChI=1S/C21H22BrNO3/c1-14(2)17-9-5-7-11-19(17)23-21(25)15(3)26-20(24)13-12-16-8-4-6-10-18(16)22/h4-15H,1-3H3,(H,23,25)/b13-12+/t15-/m0/s1. The van der Waals surface area contributed by atoms with Crippen molar-refractivity contribution in [3.63, 3.8) is 0 Å². The molecule has 1 amide bonds. The zero-order chi connectivity index (χ0) is 19.1. The number of amides is 1. The molecule has 0 saturated heterocycles. The molecule has 2 aromatic carbocycles. The van der Waals surface area contributed by atoms with Crippen LogP contribution in [0.2, 0.25) is 0 Å². The van der Waals surface area contributed by atoms with Crippen molar-refractivity contribution >= 4 is 39.6 Å². The number of hydrogen-bond donors (Lipinski definition) is 1. The Hall–Kier alpha value is -2.40. The summed E-state index contributed by atoms with van der Waals surface area (Å²) < 4.78 is 6.07. The van der Waals surface area contributed by atoms with Crippen LogP contribution >= 0.6 is 15.9 Å². The predicted molar refractivity (Wildman–Crippen MR) is 108 cm³/mol. The van der Waals surface area contributed by atoms with Crippen LogP contribution in [0.25, 0.3) is 6.08 Å². The van der Waals surface area contributed by atoms with Crippen LogP contribution in [0.1, 0.15) is 37.8 Å². The van der Waals surface area contributed by atoms with E-state index >= 15 is 0 Å². The van der Waals surface area contributed by atoms with Crippen LogP contribution < -0.4 is 5.32 Å². The highest BCUT2D eigenvalue weighted by Gasteiger charge is 2.18. The van der Waals surface area contributed by atoms with E-state index in [1.54, 1.807) is 13.0 Å². The SMILES string of the molecule is CC(C)c1ccccc1NC(=O)[C@H](C)OC(=O)/C=C/c1ccccc1Br. The van der Waals surface area contributed by atoms with Gasteiger partial charge in [-0.3, -0.25) is 4.79 Å². The fourth-order valence-corrected chi connectivity index (χ4v) is 2.80. The molecule has 0 saturated carbocycles. The van der Waals surface area contributed by atoms with Gasteiger partial charge < -0.3 is 10.1 Å². The number of ether oxygens (including phenoxy) is 1. The second kappa shape index (κ2) is 9.34. The van der Waals surface area contributed by atoms with Crippen LogP contribution in [0.15, 0.2) is 59.1 Å². The maximum Gasteiger partial charge on any atom is 0.331 e. The van der Waals surface area contributed by atoms with Crippen molar-refractivity contribution in [2.45, 2.75) is 32.8 Å². The molecule has 1 N–H and O–H groups in total. The van der Waals surface area contributed by atoms with Gasteiger partial charge in [0.2, 0.25) is 0 Å². The second-order valence-corrected chi connectivity index (χ2v) is 7.02. The monoisotopic (exact) mass is 415 g/mol. The smallest absolute Gasteiger partial charge is 0.331 e. The lowest BCUT2D eigenvalue weighted by Crippen LogP contribution is -2.29. The first kappa shape index (κ1) is 19.9. The number of hydrogen-bond acceptors (Lipinski definition) is 3. The molecule has 0 aliphatic heterocycles. The molecule has 2 rings (SSSR count). The first-order valence-corrected chi connectivity index (χ1v) is 9.20. The van der Waals surface area contributed by atoms with E-state index in [2.05, 4.69) is 35.1 Å². The molecule has 26 heavy (non-hydrogen) atoms. The summed E-state index contributed by atoms with van der Waals surface area (Å²) in [6.45, 7) is 5.67. The average molecular weight is 416 g/mol. The van der Waals surface area contributed by atoms with Gasteiger partial charge in [0.15, 0.2) is 6.10 Å². The van der Waals surface area contributed by atoms with E-state index in [9.17, 15) is 9.59 Å². The minimum Gasteiger partial charge on any atom is -0.449 e. The van der Waals surface area contributed by atoms with Gasteiger partial charge in [-0.1, -0.05) is 66.2 Å². The molecule has 0 radical (unpaired) electrons. The Balaban J connectivity index is 1.97. The first-order chi connectivity index (χ1) is 12.4. The Bertz CT molecular complexity index is 814. The van der Waals surface area contributed by atoms with Gasteiger partial charge in [0.25, 0.3) is 5.91 Å². The third-order valence-electron chi connectivity index (χ3n) is 3.81. The number of esters is 1. The molecule has 136 valence electrons. The number of carbonyl (C=O) groups is 2. The number of halogens is 1. The van der Waals surface area contributed by atoms with E-state index < -0.39 is 12.1 Å². The highest BCUT2D eigenvalue weighted by Crippen LogP contribution is 2.24. The van der Waals surface area contributed by atoms with Crippen molar-refractivity contribution < 1.29 is 14.3 Å². The fourth-order valence-electron chi connectivity index (χ4n) is 2.38. The third kappa shape index (κ3) is 5.56. The molecule has 0 heterocycles. The number of carbonyl (C=O) groups excluding carboxylic acids is 2. The maximum atomic E-state index is 12.3. The van der Waals surface area contributed by atoms with Crippen molar-refractivity contribution in [2.75, 3.05) is 5.32 Å². The van der Waals surface area contributed by atoms with Crippen LogP contribution in [0.3, 0.4) is 0 Å². The van der Waals surface area contributed by atoms with E-state index in [4.69, 9.17) is 4.74 Å². The van der Waals surface area contributed by atoms with Gasteiger partial charge in [-0.25, -0.2) is 4.79 Å². The van der Waals surface area contributed by atoms with Crippen LogP contribution in [0.5, 0.6) is 0 Å². The molecule has 1 atom stereocenters. The summed E-state index contributed by atoms with van der Waals surface area (Å²) in [5.41, 5.74) is 2.62. The molecule has 4 nitrogen and oxygen atoms in total. The number of nitrogens with one attached hydrogen (secondary N) is 1. The van der Waals surface area contributed by atoms with Crippen molar-refractivity contribution in [2.24, 2.45) is 0 Å². The number of para-hydroxylation sites is 1. The molecule has 0 aromatic heterocycles. The summed E-state index contributed by atoms with van der Waals surface area (Å²) in [4.78, 5) is 24.3. The number of benzene rings is 2. The molecule has 5 heteroatoms. The topological polar surface area (TPSA) is 55.4 Å². The predicted octanol–water partition coefficient (Wildman–Crippen LogP) is 5.16. The average Bonchev–Trinajstić information content (AvgIpc) is 2.61. The zero-order valence-electron chi connectivity index (χ0n) is 15.0. The largest absolute Gasteiger partial charge is 0.449 e. The van der Waals surface area contributed by atoms with Crippen LogP contribution in [0.4, 0.5) is 5.69 Å². The zero-order valence-corrected chi connectivity index (χ0v) is 16.6. The van der Waals surface area contributed by atoms with Gasteiger partial charge in [0, 0.05) is 16.2 Å². The molecule has 2 aromatic rings. The highest BCUT2D eigenvalue weighted by molar-refractivity contribution is 9.10. The van der Waals surface area contributed by atoms with Gasteiger partial charge >= 0.3 is 5.97 Å². The van der Waals surface area contributed by atoms with E-state index in [0.717, 1.165) is 21.3 Å². The molecule has 0 spiro atoms. The van der Waals surface area contributed by atoms with Crippen molar-refractivity contribution in [1.29, 1.82) is 0 Å². The molecule has 0 bridgehead atoms. The fraction of sp³-hybridized carbons (Fsp3) is 0.238. The molecule has 0 fully saturated rings. The normalized spacial score (nSPS) is 12.2. The van der Waals surface area contributed by atoms with Gasteiger partial charge in [-0.2, -0.15) is 0 Å². The maximum absolute atomic E-state index is 12.3. The molecular weight excluding hydrogens is 394 g/mol. The lowest BCUT2D eigenvalue weighted by molar-refractivity contribution is -0.148. The second-order valence-electron chi connectivity index (χ2n) is 6.17. The lowest BCUT2D eigenvalue weighted by Gasteiger charge is -2.16.